The zero-order chi connectivity index (χ0) is 14.1. The number of methoxy groups -OCH3 is 1. The van der Waals surface area contributed by atoms with Crippen LogP contribution in [0.4, 0.5) is 0 Å². The summed E-state index contributed by atoms with van der Waals surface area (Å²) in [5, 5.41) is 11.4. The molecule has 1 aromatic carbocycles. The topological polar surface area (TPSA) is 75.6 Å². The lowest BCUT2D eigenvalue weighted by molar-refractivity contribution is -0.121. The van der Waals surface area contributed by atoms with Crippen LogP contribution in [0.25, 0.3) is 0 Å². The van der Waals surface area contributed by atoms with E-state index in [0.717, 1.165) is 5.56 Å². The number of unbranched alkanes of at least 4 members (excludes halogenated alkanes) is 1. The summed E-state index contributed by atoms with van der Waals surface area (Å²) < 4.78 is 4.60. The fourth-order valence-corrected chi connectivity index (χ4v) is 1.56. The molecule has 0 unspecified atom stereocenters. The Kier molecular flexibility index (Phi) is 6.60. The van der Waals surface area contributed by atoms with Gasteiger partial charge in [-0.3, -0.25) is 4.79 Å². The Labute approximate surface area is 112 Å². The van der Waals surface area contributed by atoms with Gasteiger partial charge in [0, 0.05) is 19.6 Å². The molecule has 0 aliphatic heterocycles. The van der Waals surface area contributed by atoms with E-state index in [9.17, 15) is 9.59 Å². The zero-order valence-corrected chi connectivity index (χ0v) is 11.0. The second kappa shape index (κ2) is 8.26. The minimum absolute atomic E-state index is 0.0366. The van der Waals surface area contributed by atoms with Crippen molar-refractivity contribution in [3.63, 3.8) is 0 Å². The molecular formula is C14H19NO4. The van der Waals surface area contributed by atoms with E-state index >= 15 is 0 Å². The number of esters is 1. The van der Waals surface area contributed by atoms with Crippen LogP contribution in [-0.2, 0) is 16.1 Å². The van der Waals surface area contributed by atoms with E-state index in [0.29, 0.717) is 31.4 Å². The lowest BCUT2D eigenvalue weighted by atomic mass is 10.1. The summed E-state index contributed by atoms with van der Waals surface area (Å²) in [4.78, 5) is 22.7. The van der Waals surface area contributed by atoms with Gasteiger partial charge in [0.25, 0.3) is 0 Å². The number of aliphatic hydroxyl groups is 1. The van der Waals surface area contributed by atoms with E-state index in [1.54, 1.807) is 24.3 Å². The number of aliphatic hydroxyl groups excluding tert-OH is 1. The molecule has 0 saturated heterocycles. The predicted molar refractivity (Wildman–Crippen MR) is 70.6 cm³/mol. The van der Waals surface area contributed by atoms with Gasteiger partial charge in [0.1, 0.15) is 0 Å². The van der Waals surface area contributed by atoms with Crippen molar-refractivity contribution in [2.24, 2.45) is 0 Å². The van der Waals surface area contributed by atoms with Gasteiger partial charge in [-0.25, -0.2) is 4.79 Å². The van der Waals surface area contributed by atoms with Crippen molar-refractivity contribution in [3.05, 3.63) is 35.4 Å². The average Bonchev–Trinajstić information content (AvgIpc) is 2.45. The number of amides is 1. The first-order valence-corrected chi connectivity index (χ1v) is 6.22. The quantitative estimate of drug-likeness (QED) is 0.574. The monoisotopic (exact) mass is 265 g/mol. The van der Waals surface area contributed by atoms with Crippen LogP contribution in [0.5, 0.6) is 0 Å². The number of nitrogens with one attached hydrogen (secondary N) is 1. The van der Waals surface area contributed by atoms with Crippen molar-refractivity contribution in [3.8, 4) is 0 Å². The molecule has 19 heavy (non-hydrogen) atoms. The molecule has 0 heterocycles. The van der Waals surface area contributed by atoms with Gasteiger partial charge < -0.3 is 15.2 Å². The Bertz CT molecular complexity index is 414. The van der Waals surface area contributed by atoms with Gasteiger partial charge in [0.05, 0.1) is 12.7 Å². The molecule has 0 aliphatic rings. The van der Waals surface area contributed by atoms with Gasteiger partial charge in [0.2, 0.25) is 5.91 Å². The van der Waals surface area contributed by atoms with Crippen molar-refractivity contribution in [1.29, 1.82) is 0 Å². The highest BCUT2D eigenvalue weighted by Crippen LogP contribution is 2.05. The molecule has 5 nitrogen and oxygen atoms in total. The van der Waals surface area contributed by atoms with Crippen molar-refractivity contribution >= 4 is 11.9 Å². The van der Waals surface area contributed by atoms with E-state index in [4.69, 9.17) is 5.11 Å². The third kappa shape index (κ3) is 5.52. The van der Waals surface area contributed by atoms with E-state index < -0.39 is 0 Å². The van der Waals surface area contributed by atoms with Crippen molar-refractivity contribution < 1.29 is 19.4 Å². The normalized spacial score (nSPS) is 10.0. The molecule has 0 aliphatic carbocycles. The second-order valence-electron chi connectivity index (χ2n) is 4.15. The number of hydrogen-bond acceptors (Lipinski definition) is 4. The predicted octanol–water partition coefficient (Wildman–Crippen LogP) is 1.25. The summed E-state index contributed by atoms with van der Waals surface area (Å²) in [6.45, 7) is 0.543. The number of rotatable bonds is 7. The number of ether oxygens (including phenoxy) is 1. The van der Waals surface area contributed by atoms with Gasteiger partial charge in [-0.15, -0.1) is 0 Å². The van der Waals surface area contributed by atoms with Crippen LogP contribution in [0.2, 0.25) is 0 Å². The zero-order valence-electron chi connectivity index (χ0n) is 11.0. The van der Waals surface area contributed by atoms with Crippen LogP contribution in [0.15, 0.2) is 24.3 Å². The highest BCUT2D eigenvalue weighted by atomic mass is 16.5. The molecule has 1 aromatic rings. The SMILES string of the molecule is COC(=O)c1ccc(CNC(=O)CCCCO)cc1. The molecule has 0 atom stereocenters. The van der Waals surface area contributed by atoms with E-state index in [-0.39, 0.29) is 18.5 Å². The first-order valence-electron chi connectivity index (χ1n) is 6.22. The van der Waals surface area contributed by atoms with Gasteiger partial charge >= 0.3 is 5.97 Å². The lowest BCUT2D eigenvalue weighted by Crippen LogP contribution is -2.22. The third-order valence-corrected chi connectivity index (χ3v) is 2.68. The highest BCUT2D eigenvalue weighted by Gasteiger charge is 2.05. The largest absolute Gasteiger partial charge is 0.465 e. The van der Waals surface area contributed by atoms with Gasteiger partial charge in [-0.05, 0) is 30.5 Å². The van der Waals surface area contributed by atoms with Crippen LogP contribution in [0.3, 0.4) is 0 Å². The average molecular weight is 265 g/mol. The first-order chi connectivity index (χ1) is 9.17. The molecule has 1 amide bonds. The third-order valence-electron chi connectivity index (χ3n) is 2.68. The maximum atomic E-state index is 11.4. The number of hydrogen-bond donors (Lipinski definition) is 2. The second-order valence-corrected chi connectivity index (χ2v) is 4.15. The fourth-order valence-electron chi connectivity index (χ4n) is 1.56. The summed E-state index contributed by atoms with van der Waals surface area (Å²) in [5.41, 5.74) is 1.41. The van der Waals surface area contributed by atoms with Gasteiger partial charge in [-0.1, -0.05) is 12.1 Å². The van der Waals surface area contributed by atoms with Crippen molar-refractivity contribution in [2.75, 3.05) is 13.7 Å². The van der Waals surface area contributed by atoms with Crippen LogP contribution in [-0.4, -0.2) is 30.7 Å². The molecule has 0 spiro atoms. The van der Waals surface area contributed by atoms with Crippen molar-refractivity contribution in [2.45, 2.75) is 25.8 Å². The first kappa shape index (κ1) is 15.2. The fraction of sp³-hybridized carbons (Fsp3) is 0.429. The number of benzene rings is 1. The van der Waals surface area contributed by atoms with E-state index in [1.807, 2.05) is 0 Å². The van der Waals surface area contributed by atoms with E-state index in [2.05, 4.69) is 10.1 Å². The minimum Gasteiger partial charge on any atom is -0.465 e. The minimum atomic E-state index is -0.375. The molecule has 5 heteroatoms. The summed E-state index contributed by atoms with van der Waals surface area (Å²) in [6, 6.07) is 6.89. The number of carbonyl (C=O) groups is 2. The maximum Gasteiger partial charge on any atom is 0.337 e. The molecule has 0 saturated carbocycles. The highest BCUT2D eigenvalue weighted by molar-refractivity contribution is 5.89. The lowest BCUT2D eigenvalue weighted by Gasteiger charge is -2.06. The van der Waals surface area contributed by atoms with Crippen LogP contribution >= 0.6 is 0 Å². The van der Waals surface area contributed by atoms with Crippen LogP contribution in [0, 0.1) is 0 Å². The molecule has 0 radical (unpaired) electrons. The molecule has 1 rings (SSSR count). The molecule has 0 fully saturated rings. The van der Waals surface area contributed by atoms with Gasteiger partial charge in [0.15, 0.2) is 0 Å². The molecular weight excluding hydrogens is 246 g/mol. The molecule has 104 valence electrons. The Morgan fingerprint density at radius 2 is 1.89 bits per heavy atom. The Morgan fingerprint density at radius 3 is 2.47 bits per heavy atom. The standard InChI is InChI=1S/C14H19NO4/c1-19-14(18)12-7-5-11(6-8-12)10-15-13(17)4-2-3-9-16/h5-8,16H,2-4,9-10H2,1H3,(H,15,17). The van der Waals surface area contributed by atoms with Crippen LogP contribution in [0.1, 0.15) is 35.2 Å². The molecule has 0 aromatic heterocycles. The van der Waals surface area contributed by atoms with Crippen LogP contribution < -0.4 is 5.32 Å². The Morgan fingerprint density at radius 1 is 1.21 bits per heavy atom. The summed E-state index contributed by atoms with van der Waals surface area (Å²) in [6.07, 6.45) is 1.74. The Hall–Kier alpha value is -1.88. The van der Waals surface area contributed by atoms with Gasteiger partial charge in [-0.2, -0.15) is 0 Å². The molecule has 0 bridgehead atoms. The summed E-state index contributed by atoms with van der Waals surface area (Å²) in [7, 11) is 1.34. The maximum absolute atomic E-state index is 11.4. The molecule has 2 N–H and O–H groups in total. The smallest absolute Gasteiger partial charge is 0.337 e. The summed E-state index contributed by atoms with van der Waals surface area (Å²) >= 11 is 0. The summed E-state index contributed by atoms with van der Waals surface area (Å²) in [5.74, 6) is -0.412. The van der Waals surface area contributed by atoms with Crippen molar-refractivity contribution in [1.82, 2.24) is 5.32 Å². The Balaban J connectivity index is 2.37. The number of carbonyl (C=O) groups excluding carboxylic acids is 2. The van der Waals surface area contributed by atoms with E-state index in [1.165, 1.54) is 7.11 Å².